The number of hydrogen-bond donors (Lipinski definition) is 1. The van der Waals surface area contributed by atoms with E-state index in [4.69, 9.17) is 9.26 Å². The molecule has 0 aliphatic rings. The summed E-state index contributed by atoms with van der Waals surface area (Å²) in [7, 11) is -0.942. The summed E-state index contributed by atoms with van der Waals surface area (Å²) in [6.45, 7) is 4.25. The smallest absolute Gasteiger partial charge is 0.258 e. The van der Waals surface area contributed by atoms with Gasteiger partial charge >= 0.3 is 0 Å². The van der Waals surface area contributed by atoms with Gasteiger partial charge in [0.15, 0.2) is 0 Å². The van der Waals surface area contributed by atoms with E-state index in [-0.39, 0.29) is 16.5 Å². The van der Waals surface area contributed by atoms with Crippen molar-refractivity contribution in [1.29, 1.82) is 0 Å². The van der Waals surface area contributed by atoms with Gasteiger partial charge in [-0.25, -0.2) is 13.1 Å². The third-order valence-electron chi connectivity index (χ3n) is 4.23. The number of sulfonamides is 1. The molecule has 2 aromatic carbocycles. The van der Waals surface area contributed by atoms with Gasteiger partial charge in [-0.05, 0) is 36.7 Å². The van der Waals surface area contributed by atoms with Crippen molar-refractivity contribution in [2.75, 3.05) is 14.2 Å². The quantitative estimate of drug-likeness (QED) is 0.696. The predicted octanol–water partition coefficient (Wildman–Crippen LogP) is 3.44. The molecule has 0 unspecified atom stereocenters. The molecule has 0 aliphatic heterocycles. The highest BCUT2D eigenvalue weighted by Crippen LogP contribution is 2.30. The lowest BCUT2D eigenvalue weighted by molar-refractivity contribution is 0.402. The number of benzene rings is 2. The van der Waals surface area contributed by atoms with Crippen LogP contribution in [0, 0.1) is 0 Å². The second-order valence-corrected chi connectivity index (χ2v) is 8.13. The maximum Gasteiger partial charge on any atom is 0.258 e. The summed E-state index contributed by atoms with van der Waals surface area (Å²) in [5.74, 6) is 1.34. The fraction of sp³-hybridized carbons (Fsp3) is 0.263. The standard InChI is InChI=1S/C19H21N3O4S/c1-12(2)13-5-7-14(8-6-13)18-21-19(26-22-18)15-9-10-16(25-4)17(11-15)27(23,24)20-3/h5-12,20H,1-4H3. The number of nitrogens with one attached hydrogen (secondary N) is 1. The average molecular weight is 387 g/mol. The number of hydrogen-bond acceptors (Lipinski definition) is 6. The molecule has 7 nitrogen and oxygen atoms in total. The molecular formula is C19H21N3O4S. The summed E-state index contributed by atoms with van der Waals surface area (Å²) < 4.78 is 37.2. The average Bonchev–Trinajstić information content (AvgIpc) is 3.17. The number of ether oxygens (including phenoxy) is 1. The molecule has 1 N–H and O–H groups in total. The summed E-state index contributed by atoms with van der Waals surface area (Å²) in [6.07, 6.45) is 0. The first-order valence-electron chi connectivity index (χ1n) is 8.41. The minimum absolute atomic E-state index is 0.00559. The molecule has 8 heteroatoms. The SMILES string of the molecule is CNS(=O)(=O)c1cc(-c2nc(-c3ccc(C(C)C)cc3)no2)ccc1OC. The molecule has 0 fully saturated rings. The van der Waals surface area contributed by atoms with Gasteiger partial charge in [0.05, 0.1) is 7.11 Å². The van der Waals surface area contributed by atoms with Crippen LogP contribution in [0.4, 0.5) is 0 Å². The van der Waals surface area contributed by atoms with E-state index in [1.165, 1.54) is 25.8 Å². The van der Waals surface area contributed by atoms with Gasteiger partial charge < -0.3 is 9.26 Å². The number of nitrogens with zero attached hydrogens (tertiary/aromatic N) is 2. The summed E-state index contributed by atoms with van der Waals surface area (Å²) in [5, 5.41) is 4.01. The van der Waals surface area contributed by atoms with Crippen LogP contribution in [0.5, 0.6) is 5.75 Å². The van der Waals surface area contributed by atoms with Crippen LogP contribution in [0.15, 0.2) is 51.9 Å². The van der Waals surface area contributed by atoms with Gasteiger partial charge in [-0.3, -0.25) is 0 Å². The maximum absolute atomic E-state index is 12.2. The van der Waals surface area contributed by atoms with Crippen LogP contribution in [-0.4, -0.2) is 32.7 Å². The molecular weight excluding hydrogens is 366 g/mol. The lowest BCUT2D eigenvalue weighted by Gasteiger charge is -2.09. The van der Waals surface area contributed by atoms with E-state index >= 15 is 0 Å². The molecule has 27 heavy (non-hydrogen) atoms. The van der Waals surface area contributed by atoms with Crippen LogP contribution in [0.2, 0.25) is 0 Å². The fourth-order valence-corrected chi connectivity index (χ4v) is 3.52. The summed E-state index contributed by atoms with van der Waals surface area (Å²) in [5.41, 5.74) is 2.53. The first-order chi connectivity index (χ1) is 12.9. The molecule has 0 aliphatic carbocycles. The maximum atomic E-state index is 12.2. The van der Waals surface area contributed by atoms with Crippen molar-refractivity contribution in [2.45, 2.75) is 24.7 Å². The van der Waals surface area contributed by atoms with Crippen molar-refractivity contribution in [2.24, 2.45) is 0 Å². The highest BCUT2D eigenvalue weighted by molar-refractivity contribution is 7.89. The Morgan fingerprint density at radius 3 is 2.33 bits per heavy atom. The Hall–Kier alpha value is -2.71. The van der Waals surface area contributed by atoms with E-state index in [0.717, 1.165) is 5.56 Å². The Labute approximate surface area is 158 Å². The largest absolute Gasteiger partial charge is 0.495 e. The Bertz CT molecular complexity index is 1040. The normalized spacial score (nSPS) is 11.7. The van der Waals surface area contributed by atoms with Gasteiger partial charge in [-0.15, -0.1) is 0 Å². The molecule has 0 saturated heterocycles. The van der Waals surface area contributed by atoms with Crippen LogP contribution >= 0.6 is 0 Å². The van der Waals surface area contributed by atoms with Crippen LogP contribution in [0.3, 0.4) is 0 Å². The van der Waals surface area contributed by atoms with E-state index in [1.807, 2.05) is 24.3 Å². The first-order valence-corrected chi connectivity index (χ1v) is 9.90. The van der Waals surface area contributed by atoms with Gasteiger partial charge in [0.1, 0.15) is 10.6 Å². The molecule has 0 amide bonds. The van der Waals surface area contributed by atoms with Crippen molar-refractivity contribution >= 4 is 10.0 Å². The van der Waals surface area contributed by atoms with Crippen LogP contribution < -0.4 is 9.46 Å². The summed E-state index contributed by atoms with van der Waals surface area (Å²) in [6, 6.07) is 12.6. The molecule has 1 aromatic heterocycles. The highest BCUT2D eigenvalue weighted by Gasteiger charge is 2.20. The molecule has 1 heterocycles. The molecule has 0 saturated carbocycles. The van der Waals surface area contributed by atoms with E-state index in [9.17, 15) is 8.42 Å². The Morgan fingerprint density at radius 2 is 1.74 bits per heavy atom. The van der Waals surface area contributed by atoms with Crippen molar-refractivity contribution in [3.8, 4) is 28.6 Å². The van der Waals surface area contributed by atoms with E-state index < -0.39 is 10.0 Å². The topological polar surface area (TPSA) is 94.3 Å². The number of aromatic nitrogens is 2. The Balaban J connectivity index is 1.98. The molecule has 0 spiro atoms. The lowest BCUT2D eigenvalue weighted by Crippen LogP contribution is -2.19. The molecule has 3 aromatic rings. The van der Waals surface area contributed by atoms with Gasteiger partial charge in [0.2, 0.25) is 15.8 Å². The van der Waals surface area contributed by atoms with Gasteiger partial charge in [0.25, 0.3) is 5.89 Å². The predicted molar refractivity (Wildman–Crippen MR) is 102 cm³/mol. The minimum Gasteiger partial charge on any atom is -0.495 e. The van der Waals surface area contributed by atoms with Gasteiger partial charge in [-0.1, -0.05) is 43.3 Å². The lowest BCUT2D eigenvalue weighted by atomic mass is 10.0. The zero-order valence-electron chi connectivity index (χ0n) is 15.6. The highest BCUT2D eigenvalue weighted by atomic mass is 32.2. The second-order valence-electron chi connectivity index (χ2n) is 6.27. The molecule has 0 atom stereocenters. The van der Waals surface area contributed by atoms with Crippen LogP contribution in [0.1, 0.15) is 25.3 Å². The molecule has 0 radical (unpaired) electrons. The van der Waals surface area contributed by atoms with Crippen molar-refractivity contribution in [3.63, 3.8) is 0 Å². The Kier molecular flexibility index (Phi) is 5.29. The zero-order valence-corrected chi connectivity index (χ0v) is 16.4. The van der Waals surface area contributed by atoms with Crippen molar-refractivity contribution in [3.05, 3.63) is 48.0 Å². The minimum atomic E-state index is -3.69. The van der Waals surface area contributed by atoms with E-state index in [2.05, 4.69) is 28.7 Å². The fourth-order valence-electron chi connectivity index (χ4n) is 2.60. The third kappa shape index (κ3) is 3.86. The summed E-state index contributed by atoms with van der Waals surface area (Å²) >= 11 is 0. The van der Waals surface area contributed by atoms with Crippen molar-refractivity contribution < 1.29 is 17.7 Å². The monoisotopic (exact) mass is 387 g/mol. The van der Waals surface area contributed by atoms with Crippen molar-refractivity contribution in [1.82, 2.24) is 14.9 Å². The third-order valence-corrected chi connectivity index (χ3v) is 5.67. The van der Waals surface area contributed by atoms with E-state index in [1.54, 1.807) is 12.1 Å². The van der Waals surface area contributed by atoms with Gasteiger partial charge in [0, 0.05) is 11.1 Å². The molecule has 0 bridgehead atoms. The number of rotatable bonds is 6. The van der Waals surface area contributed by atoms with Crippen LogP contribution in [-0.2, 0) is 10.0 Å². The number of methoxy groups -OCH3 is 1. The molecule has 142 valence electrons. The second kappa shape index (κ2) is 7.50. The first kappa shape index (κ1) is 19.1. The Morgan fingerprint density at radius 1 is 1.07 bits per heavy atom. The van der Waals surface area contributed by atoms with Gasteiger partial charge in [-0.2, -0.15) is 4.98 Å². The molecule has 3 rings (SSSR count). The van der Waals surface area contributed by atoms with Crippen LogP contribution in [0.25, 0.3) is 22.8 Å². The summed E-state index contributed by atoms with van der Waals surface area (Å²) in [4.78, 5) is 4.40. The van der Waals surface area contributed by atoms with E-state index in [0.29, 0.717) is 17.3 Å². The zero-order chi connectivity index (χ0) is 19.6.